The minimum absolute atomic E-state index is 0.734. The van der Waals surface area contributed by atoms with E-state index in [1.54, 1.807) is 6.33 Å². The lowest BCUT2D eigenvalue weighted by atomic mass is 10.1. The summed E-state index contributed by atoms with van der Waals surface area (Å²) in [5.41, 5.74) is 0. The van der Waals surface area contributed by atoms with Gasteiger partial charge in [0.1, 0.15) is 18.0 Å². The highest BCUT2D eigenvalue weighted by molar-refractivity contribution is 5.49. The highest BCUT2D eigenvalue weighted by Gasteiger charge is 2.17. The van der Waals surface area contributed by atoms with Gasteiger partial charge in [-0.2, -0.15) is 0 Å². The fourth-order valence-electron chi connectivity index (χ4n) is 2.27. The molecule has 1 aliphatic rings. The average molecular weight is 249 g/mol. The largest absolute Gasteiger partial charge is 0.360 e. The van der Waals surface area contributed by atoms with Crippen molar-refractivity contribution in [3.05, 3.63) is 12.4 Å². The molecule has 2 rings (SSSR count). The Morgan fingerprint density at radius 3 is 2.61 bits per heavy atom. The molecule has 5 nitrogen and oxygen atoms in total. The Labute approximate surface area is 109 Å². The third-order valence-corrected chi connectivity index (χ3v) is 3.59. The maximum absolute atomic E-state index is 4.37. The Bertz CT molecular complexity index is 375. The van der Waals surface area contributed by atoms with Crippen LogP contribution in [-0.4, -0.2) is 50.2 Å². The van der Waals surface area contributed by atoms with Crippen molar-refractivity contribution in [2.75, 3.05) is 50.1 Å². The zero-order valence-electron chi connectivity index (χ0n) is 11.6. The standard InChI is InChI=1S/C13H23N5/c1-4-17(2)12-7-13(16-10-15-12)18(3)9-11-5-6-14-8-11/h7,10-11,14H,4-6,8-9H2,1-3H3. The van der Waals surface area contributed by atoms with Gasteiger partial charge in [-0.25, -0.2) is 9.97 Å². The van der Waals surface area contributed by atoms with E-state index >= 15 is 0 Å². The lowest BCUT2D eigenvalue weighted by Gasteiger charge is -2.23. The fraction of sp³-hybridized carbons (Fsp3) is 0.692. The van der Waals surface area contributed by atoms with Gasteiger partial charge in [-0.15, -0.1) is 0 Å². The summed E-state index contributed by atoms with van der Waals surface area (Å²) in [5, 5.41) is 3.40. The molecule has 0 amide bonds. The summed E-state index contributed by atoms with van der Waals surface area (Å²) >= 11 is 0. The summed E-state index contributed by atoms with van der Waals surface area (Å²) in [7, 11) is 4.16. The first-order chi connectivity index (χ1) is 8.70. The summed E-state index contributed by atoms with van der Waals surface area (Å²) in [4.78, 5) is 13.0. The number of nitrogens with zero attached hydrogens (tertiary/aromatic N) is 4. The predicted molar refractivity (Wildman–Crippen MR) is 75.2 cm³/mol. The van der Waals surface area contributed by atoms with E-state index in [1.807, 2.05) is 7.05 Å². The van der Waals surface area contributed by atoms with Gasteiger partial charge < -0.3 is 15.1 Å². The van der Waals surface area contributed by atoms with Crippen molar-refractivity contribution in [2.24, 2.45) is 5.92 Å². The van der Waals surface area contributed by atoms with Gasteiger partial charge in [-0.1, -0.05) is 0 Å². The van der Waals surface area contributed by atoms with E-state index in [1.165, 1.54) is 6.42 Å². The molecule has 1 aliphatic heterocycles. The Balaban J connectivity index is 2.02. The minimum atomic E-state index is 0.734. The molecule has 1 aromatic heterocycles. The Morgan fingerprint density at radius 1 is 1.28 bits per heavy atom. The first-order valence-electron chi connectivity index (χ1n) is 6.65. The molecule has 1 atom stereocenters. The van der Waals surface area contributed by atoms with Gasteiger partial charge in [0.2, 0.25) is 0 Å². The van der Waals surface area contributed by atoms with E-state index in [0.29, 0.717) is 0 Å². The second kappa shape index (κ2) is 6.00. The average Bonchev–Trinajstić information content (AvgIpc) is 2.90. The van der Waals surface area contributed by atoms with E-state index in [-0.39, 0.29) is 0 Å². The third kappa shape index (κ3) is 3.10. The highest BCUT2D eigenvalue weighted by atomic mass is 15.2. The lowest BCUT2D eigenvalue weighted by molar-refractivity contribution is 0.575. The first kappa shape index (κ1) is 13.1. The van der Waals surface area contributed by atoms with Crippen LogP contribution in [-0.2, 0) is 0 Å². The summed E-state index contributed by atoms with van der Waals surface area (Å²) in [6.45, 7) is 6.39. The monoisotopic (exact) mass is 249 g/mol. The van der Waals surface area contributed by atoms with Gasteiger partial charge in [-0.3, -0.25) is 0 Å². The van der Waals surface area contributed by atoms with Crippen molar-refractivity contribution >= 4 is 11.6 Å². The normalized spacial score (nSPS) is 18.9. The maximum Gasteiger partial charge on any atom is 0.133 e. The fourth-order valence-corrected chi connectivity index (χ4v) is 2.27. The van der Waals surface area contributed by atoms with Gasteiger partial charge >= 0.3 is 0 Å². The van der Waals surface area contributed by atoms with Crippen LogP contribution >= 0.6 is 0 Å². The predicted octanol–water partition coefficient (Wildman–Crippen LogP) is 0.978. The number of hydrogen-bond donors (Lipinski definition) is 1. The molecule has 1 unspecified atom stereocenters. The van der Waals surface area contributed by atoms with E-state index in [2.05, 4.69) is 45.1 Å². The van der Waals surface area contributed by atoms with Crippen LogP contribution in [0.1, 0.15) is 13.3 Å². The zero-order valence-corrected chi connectivity index (χ0v) is 11.6. The molecule has 2 heterocycles. The van der Waals surface area contributed by atoms with E-state index in [0.717, 1.165) is 43.7 Å². The highest BCUT2D eigenvalue weighted by Crippen LogP contribution is 2.18. The van der Waals surface area contributed by atoms with Crippen LogP contribution in [0, 0.1) is 5.92 Å². The zero-order chi connectivity index (χ0) is 13.0. The van der Waals surface area contributed by atoms with Crippen LogP contribution in [0.2, 0.25) is 0 Å². The van der Waals surface area contributed by atoms with Crippen molar-refractivity contribution < 1.29 is 0 Å². The molecular formula is C13H23N5. The van der Waals surface area contributed by atoms with Crippen LogP contribution in [0.5, 0.6) is 0 Å². The first-order valence-corrected chi connectivity index (χ1v) is 6.65. The second-order valence-corrected chi connectivity index (χ2v) is 4.99. The molecule has 0 aromatic carbocycles. The van der Waals surface area contributed by atoms with Gasteiger partial charge in [0.25, 0.3) is 0 Å². The molecule has 0 aliphatic carbocycles. The van der Waals surface area contributed by atoms with E-state index in [4.69, 9.17) is 0 Å². The van der Waals surface area contributed by atoms with Crippen molar-refractivity contribution in [3.8, 4) is 0 Å². The molecule has 1 saturated heterocycles. The smallest absolute Gasteiger partial charge is 0.133 e. The quantitative estimate of drug-likeness (QED) is 0.842. The second-order valence-electron chi connectivity index (χ2n) is 4.99. The Kier molecular flexibility index (Phi) is 4.36. The van der Waals surface area contributed by atoms with E-state index < -0.39 is 0 Å². The molecule has 1 N–H and O–H groups in total. The van der Waals surface area contributed by atoms with Crippen molar-refractivity contribution in [1.29, 1.82) is 0 Å². The lowest BCUT2D eigenvalue weighted by Crippen LogP contribution is -2.28. The van der Waals surface area contributed by atoms with Crippen molar-refractivity contribution in [1.82, 2.24) is 15.3 Å². The Hall–Kier alpha value is -1.36. The molecule has 5 heteroatoms. The molecule has 18 heavy (non-hydrogen) atoms. The number of hydrogen-bond acceptors (Lipinski definition) is 5. The van der Waals surface area contributed by atoms with Gasteiger partial charge in [0.05, 0.1) is 0 Å². The van der Waals surface area contributed by atoms with Crippen LogP contribution in [0.4, 0.5) is 11.6 Å². The summed E-state index contributed by atoms with van der Waals surface area (Å²) in [5.74, 6) is 2.73. The molecule has 0 spiro atoms. The summed E-state index contributed by atoms with van der Waals surface area (Å²) in [6, 6.07) is 2.06. The van der Waals surface area contributed by atoms with Crippen molar-refractivity contribution in [2.45, 2.75) is 13.3 Å². The molecule has 0 saturated carbocycles. The van der Waals surface area contributed by atoms with Crippen LogP contribution in [0.3, 0.4) is 0 Å². The number of anilines is 2. The van der Waals surface area contributed by atoms with E-state index in [9.17, 15) is 0 Å². The Morgan fingerprint density at radius 2 is 2.00 bits per heavy atom. The molecule has 1 fully saturated rings. The number of nitrogens with one attached hydrogen (secondary N) is 1. The molecular weight excluding hydrogens is 226 g/mol. The SMILES string of the molecule is CCN(C)c1cc(N(C)CC2CCNC2)ncn1. The van der Waals surface area contributed by atoms with Crippen LogP contribution < -0.4 is 15.1 Å². The summed E-state index contributed by atoms with van der Waals surface area (Å²) in [6.07, 6.45) is 2.91. The van der Waals surface area contributed by atoms with Crippen molar-refractivity contribution in [3.63, 3.8) is 0 Å². The third-order valence-electron chi connectivity index (χ3n) is 3.59. The van der Waals surface area contributed by atoms with Gasteiger partial charge in [-0.05, 0) is 32.4 Å². The number of rotatable bonds is 5. The van der Waals surface area contributed by atoms with Gasteiger partial charge in [0.15, 0.2) is 0 Å². The maximum atomic E-state index is 4.37. The van der Waals surface area contributed by atoms with Crippen LogP contribution in [0.15, 0.2) is 12.4 Å². The molecule has 100 valence electrons. The molecule has 1 aromatic rings. The minimum Gasteiger partial charge on any atom is -0.360 e. The number of aromatic nitrogens is 2. The summed E-state index contributed by atoms with van der Waals surface area (Å²) < 4.78 is 0. The topological polar surface area (TPSA) is 44.3 Å². The van der Waals surface area contributed by atoms with Gasteiger partial charge in [0, 0.05) is 33.3 Å². The van der Waals surface area contributed by atoms with Crippen LogP contribution in [0.25, 0.3) is 0 Å². The molecule has 0 bridgehead atoms. The molecule has 0 radical (unpaired) electrons.